The molecule has 0 aromatic heterocycles. The highest BCUT2D eigenvalue weighted by Gasteiger charge is 2.06. The van der Waals surface area contributed by atoms with E-state index in [-0.39, 0.29) is 19.4 Å². The number of esters is 1. The summed E-state index contributed by atoms with van der Waals surface area (Å²) in [6.45, 7) is -0.204. The summed E-state index contributed by atoms with van der Waals surface area (Å²) in [5.41, 5.74) is 0. The molecule has 0 saturated heterocycles. The van der Waals surface area contributed by atoms with Crippen molar-refractivity contribution in [2.75, 3.05) is 6.54 Å². The quantitative estimate of drug-likeness (QED) is 0.320. The molecule has 1 aromatic carbocycles. The van der Waals surface area contributed by atoms with Crippen LogP contribution in [0.5, 0.6) is 5.75 Å². The van der Waals surface area contributed by atoms with Crippen molar-refractivity contribution >= 4 is 5.97 Å². The van der Waals surface area contributed by atoms with Crippen LogP contribution >= 0.6 is 0 Å². The van der Waals surface area contributed by atoms with Gasteiger partial charge >= 0.3 is 5.97 Å². The van der Waals surface area contributed by atoms with Gasteiger partial charge in [0.15, 0.2) is 0 Å². The van der Waals surface area contributed by atoms with Crippen LogP contribution in [0.1, 0.15) is 12.8 Å². The molecule has 0 unspecified atom stereocenters. The molecule has 0 bridgehead atoms. The summed E-state index contributed by atoms with van der Waals surface area (Å²) < 4.78 is 4.93. The van der Waals surface area contributed by atoms with Gasteiger partial charge in [-0.05, 0) is 12.1 Å². The second-order valence-corrected chi connectivity index (χ2v) is 2.95. The van der Waals surface area contributed by atoms with Gasteiger partial charge in [0.25, 0.3) is 0 Å². The number of hydrogen-bond donors (Lipinski definition) is 0. The minimum atomic E-state index is -0.449. The fraction of sp³-hybridized carbons (Fsp3) is 0.300. The van der Waals surface area contributed by atoms with Crippen LogP contribution in [0.3, 0.4) is 0 Å². The fourth-order valence-electron chi connectivity index (χ4n) is 1.02. The Kier molecular flexibility index (Phi) is 4.28. The first-order chi connectivity index (χ1) is 7.18. The van der Waals surface area contributed by atoms with E-state index in [0.717, 1.165) is 0 Å². The zero-order chi connectivity index (χ0) is 11.1. The standard InChI is InChI=1S/C10H11NO4/c12-10(7-4-8-11(13)14)15-9-5-2-1-3-6-9/h1-3,5-6H,4,7-8H2. The molecule has 0 aliphatic rings. The first kappa shape index (κ1) is 11.2. The first-order valence-corrected chi connectivity index (χ1v) is 4.56. The molecule has 5 heteroatoms. The van der Waals surface area contributed by atoms with Crippen LogP contribution in [-0.2, 0) is 4.79 Å². The van der Waals surface area contributed by atoms with Gasteiger partial charge in [0.2, 0.25) is 6.54 Å². The highest BCUT2D eigenvalue weighted by molar-refractivity contribution is 5.72. The van der Waals surface area contributed by atoms with E-state index in [2.05, 4.69) is 0 Å². The molecule has 0 saturated carbocycles. The van der Waals surface area contributed by atoms with Crippen molar-refractivity contribution in [3.05, 3.63) is 40.4 Å². The van der Waals surface area contributed by atoms with Crippen molar-refractivity contribution in [3.8, 4) is 5.75 Å². The molecule has 80 valence electrons. The molecule has 1 aromatic rings. The van der Waals surface area contributed by atoms with E-state index in [1.54, 1.807) is 24.3 Å². The second kappa shape index (κ2) is 5.74. The van der Waals surface area contributed by atoms with E-state index in [4.69, 9.17) is 4.74 Å². The molecule has 0 heterocycles. The van der Waals surface area contributed by atoms with E-state index in [1.807, 2.05) is 6.07 Å². The number of ether oxygens (including phenoxy) is 1. The van der Waals surface area contributed by atoms with E-state index in [1.165, 1.54) is 0 Å². The van der Waals surface area contributed by atoms with E-state index < -0.39 is 10.9 Å². The number of para-hydroxylation sites is 1. The molecular formula is C10H11NO4. The molecule has 0 spiro atoms. The smallest absolute Gasteiger partial charge is 0.311 e. The Morgan fingerprint density at radius 2 is 2.00 bits per heavy atom. The van der Waals surface area contributed by atoms with Crippen LogP contribution in [0.25, 0.3) is 0 Å². The number of carbonyl (C=O) groups is 1. The lowest BCUT2D eigenvalue weighted by molar-refractivity contribution is -0.480. The molecule has 15 heavy (non-hydrogen) atoms. The predicted octanol–water partition coefficient (Wildman–Crippen LogP) is 1.65. The number of hydrogen-bond acceptors (Lipinski definition) is 4. The monoisotopic (exact) mass is 209 g/mol. The molecule has 0 aliphatic heterocycles. The van der Waals surface area contributed by atoms with E-state index >= 15 is 0 Å². The average molecular weight is 209 g/mol. The second-order valence-electron chi connectivity index (χ2n) is 2.95. The summed E-state index contributed by atoms with van der Waals surface area (Å²) in [5, 5.41) is 9.99. The van der Waals surface area contributed by atoms with Crippen LogP contribution in [0.2, 0.25) is 0 Å². The molecule has 0 atom stereocenters. The van der Waals surface area contributed by atoms with Crippen molar-refractivity contribution in [1.29, 1.82) is 0 Å². The third kappa shape index (κ3) is 4.75. The Morgan fingerprint density at radius 1 is 1.33 bits per heavy atom. The molecule has 0 aliphatic carbocycles. The van der Waals surface area contributed by atoms with Crippen LogP contribution in [0.15, 0.2) is 30.3 Å². The first-order valence-electron chi connectivity index (χ1n) is 4.56. The van der Waals surface area contributed by atoms with Crippen molar-refractivity contribution < 1.29 is 14.5 Å². The van der Waals surface area contributed by atoms with Crippen molar-refractivity contribution in [1.82, 2.24) is 0 Å². The Morgan fingerprint density at radius 3 is 2.60 bits per heavy atom. The largest absolute Gasteiger partial charge is 0.427 e. The van der Waals surface area contributed by atoms with Gasteiger partial charge in [-0.3, -0.25) is 14.9 Å². The number of benzene rings is 1. The van der Waals surface area contributed by atoms with Crippen molar-refractivity contribution in [2.45, 2.75) is 12.8 Å². The minimum absolute atomic E-state index is 0.0654. The average Bonchev–Trinajstić information content (AvgIpc) is 2.18. The van der Waals surface area contributed by atoms with Crippen LogP contribution < -0.4 is 4.74 Å². The van der Waals surface area contributed by atoms with Crippen LogP contribution in [0.4, 0.5) is 0 Å². The normalized spacial score (nSPS) is 9.60. The van der Waals surface area contributed by atoms with Gasteiger partial charge in [0.1, 0.15) is 5.75 Å². The van der Waals surface area contributed by atoms with Gasteiger partial charge in [-0.1, -0.05) is 18.2 Å². The summed E-state index contributed by atoms with van der Waals surface area (Å²) in [6.07, 6.45) is 0.272. The van der Waals surface area contributed by atoms with Crippen LogP contribution in [0, 0.1) is 10.1 Å². The van der Waals surface area contributed by atoms with Gasteiger partial charge in [0, 0.05) is 11.3 Å². The Bertz CT molecular complexity index is 337. The zero-order valence-electron chi connectivity index (χ0n) is 8.09. The molecule has 0 amide bonds. The van der Waals surface area contributed by atoms with Gasteiger partial charge in [-0.25, -0.2) is 0 Å². The Hall–Kier alpha value is -1.91. The van der Waals surface area contributed by atoms with Gasteiger partial charge < -0.3 is 4.74 Å². The van der Waals surface area contributed by atoms with Gasteiger partial charge in [-0.2, -0.15) is 0 Å². The number of nitro groups is 1. The van der Waals surface area contributed by atoms with Gasteiger partial charge in [-0.15, -0.1) is 0 Å². The predicted molar refractivity (Wildman–Crippen MR) is 53.2 cm³/mol. The minimum Gasteiger partial charge on any atom is -0.427 e. The molecular weight excluding hydrogens is 198 g/mol. The topological polar surface area (TPSA) is 69.4 Å². The molecule has 1 rings (SSSR count). The summed E-state index contributed by atoms with van der Waals surface area (Å²) in [6, 6.07) is 8.63. The van der Waals surface area contributed by atoms with Crippen molar-refractivity contribution in [2.24, 2.45) is 0 Å². The summed E-state index contributed by atoms with van der Waals surface area (Å²) >= 11 is 0. The maximum absolute atomic E-state index is 11.1. The summed E-state index contributed by atoms with van der Waals surface area (Å²) in [5.74, 6) is 0.0200. The number of nitrogens with zero attached hydrogens (tertiary/aromatic N) is 1. The maximum Gasteiger partial charge on any atom is 0.311 e. The molecule has 0 radical (unpaired) electrons. The van der Waals surface area contributed by atoms with Gasteiger partial charge in [0.05, 0.1) is 6.42 Å². The lowest BCUT2D eigenvalue weighted by Crippen LogP contribution is -2.10. The summed E-state index contributed by atoms with van der Waals surface area (Å²) in [4.78, 5) is 20.7. The maximum atomic E-state index is 11.1. The highest BCUT2D eigenvalue weighted by atomic mass is 16.6. The van der Waals surface area contributed by atoms with Crippen molar-refractivity contribution in [3.63, 3.8) is 0 Å². The third-order valence-corrected chi connectivity index (χ3v) is 1.70. The Balaban J connectivity index is 2.28. The van der Waals surface area contributed by atoms with E-state index in [9.17, 15) is 14.9 Å². The molecule has 5 nitrogen and oxygen atoms in total. The summed E-state index contributed by atoms with van der Waals surface area (Å²) in [7, 11) is 0. The lowest BCUT2D eigenvalue weighted by Gasteiger charge is -2.01. The molecule has 0 N–H and O–H groups in total. The third-order valence-electron chi connectivity index (χ3n) is 1.70. The molecule has 0 fully saturated rings. The number of rotatable bonds is 5. The van der Waals surface area contributed by atoms with Crippen LogP contribution in [-0.4, -0.2) is 17.4 Å². The highest BCUT2D eigenvalue weighted by Crippen LogP contribution is 2.09. The zero-order valence-corrected chi connectivity index (χ0v) is 8.09. The Labute approximate surface area is 86.8 Å². The number of carbonyl (C=O) groups excluding carboxylic acids is 1. The lowest BCUT2D eigenvalue weighted by atomic mass is 10.3. The van der Waals surface area contributed by atoms with E-state index in [0.29, 0.717) is 5.75 Å². The fourth-order valence-corrected chi connectivity index (χ4v) is 1.02. The SMILES string of the molecule is O=C(CCC[N+](=O)[O-])Oc1ccccc1.